The summed E-state index contributed by atoms with van der Waals surface area (Å²) in [5, 5.41) is 26.5. The highest BCUT2D eigenvalue weighted by Crippen LogP contribution is 2.19. The van der Waals surface area contributed by atoms with Gasteiger partial charge in [0.25, 0.3) is 0 Å². The Kier molecular flexibility index (Phi) is 9.88. The molecule has 0 atom stereocenters. The molecule has 2 rings (SSSR count). The number of aliphatic hydroxyl groups is 1. The number of carboxylic acids is 2. The van der Waals surface area contributed by atoms with Crippen molar-refractivity contribution < 1.29 is 51.3 Å². The maximum absolute atomic E-state index is 10.6. The van der Waals surface area contributed by atoms with E-state index in [2.05, 4.69) is 10.2 Å². The highest BCUT2D eigenvalue weighted by molar-refractivity contribution is 5.73. The number of carboxylic acid groups (broad SMARTS) is 2. The lowest BCUT2D eigenvalue weighted by Gasteiger charge is -2.41. The van der Waals surface area contributed by atoms with Gasteiger partial charge in [-0.15, -0.1) is 0 Å². The van der Waals surface area contributed by atoms with E-state index in [1.165, 1.54) is 39.0 Å². The Morgan fingerprint density at radius 2 is 1.27 bits per heavy atom. The number of nitrogens with one attached hydrogen (secondary N) is 1. The Morgan fingerprint density at radius 3 is 1.46 bits per heavy atom. The van der Waals surface area contributed by atoms with Crippen LogP contribution in [-0.4, -0.2) is 83.3 Å². The summed E-state index contributed by atoms with van der Waals surface area (Å²) in [7, 11) is 0. The van der Waals surface area contributed by atoms with Crippen molar-refractivity contribution in [3.05, 3.63) is 0 Å². The number of rotatable bonds is 2. The average Bonchev–Trinajstić information content (AvgIpc) is 2.45. The van der Waals surface area contributed by atoms with Gasteiger partial charge in [0.2, 0.25) is 0 Å². The molecule has 0 aliphatic carbocycles. The van der Waals surface area contributed by atoms with Gasteiger partial charge in [-0.2, -0.15) is 26.3 Å². The van der Waals surface area contributed by atoms with Crippen LogP contribution >= 0.6 is 0 Å². The van der Waals surface area contributed by atoms with Gasteiger partial charge in [0.15, 0.2) is 0 Å². The van der Waals surface area contributed by atoms with E-state index in [1.54, 1.807) is 0 Å². The minimum atomic E-state index is -5.08. The summed E-state index contributed by atoms with van der Waals surface area (Å²) in [4.78, 5) is 20.3. The molecule has 13 heteroatoms. The predicted molar refractivity (Wildman–Crippen MR) is 75.4 cm³/mol. The summed E-state index contributed by atoms with van der Waals surface area (Å²) in [5.74, 6) is -4.94. The fraction of sp³-hybridized carbons (Fsp3) is 0.846. The number of aliphatic carboxylic acids is 2. The zero-order valence-electron chi connectivity index (χ0n) is 13.5. The lowest BCUT2D eigenvalue weighted by molar-refractivity contribution is -0.193. The van der Waals surface area contributed by atoms with E-state index in [9.17, 15) is 26.3 Å². The molecule has 2 heterocycles. The summed E-state index contributed by atoms with van der Waals surface area (Å²) in [6.45, 7) is 5.11. The molecule has 0 amide bonds. The Balaban J connectivity index is 0.000000390. The number of hydrogen-bond acceptors (Lipinski definition) is 5. The normalized spacial score (nSPS) is 19.3. The third kappa shape index (κ3) is 9.77. The smallest absolute Gasteiger partial charge is 0.475 e. The Hall–Kier alpha value is -1.60. The van der Waals surface area contributed by atoms with Crippen LogP contribution in [0.2, 0.25) is 0 Å². The quantitative estimate of drug-likeness (QED) is 0.513. The van der Waals surface area contributed by atoms with Crippen LogP contribution < -0.4 is 5.32 Å². The molecule has 0 spiro atoms. The van der Waals surface area contributed by atoms with Crippen molar-refractivity contribution in [2.45, 2.75) is 31.2 Å². The fourth-order valence-electron chi connectivity index (χ4n) is 2.03. The van der Waals surface area contributed by atoms with Crippen LogP contribution in [0.1, 0.15) is 12.8 Å². The highest BCUT2D eigenvalue weighted by Gasteiger charge is 2.38. The van der Waals surface area contributed by atoms with Crippen molar-refractivity contribution >= 4 is 11.9 Å². The average molecular weight is 398 g/mol. The van der Waals surface area contributed by atoms with Crippen LogP contribution in [0, 0.1) is 5.92 Å². The zero-order chi connectivity index (χ0) is 20.5. The van der Waals surface area contributed by atoms with E-state index >= 15 is 0 Å². The number of alkyl halides is 6. The molecule has 7 nitrogen and oxygen atoms in total. The first-order valence-electron chi connectivity index (χ1n) is 7.44. The SMILES string of the molecule is O=C(O)C(F)(F)F.O=C(O)C(F)(F)F.OCC1CCN(C2CNC2)CC1. The van der Waals surface area contributed by atoms with E-state index < -0.39 is 24.3 Å². The standard InChI is InChI=1S/C9H18N2O.2C2HF3O2/c12-7-8-1-3-11(4-2-8)9-5-10-6-9;2*3-2(4,5)1(6)7/h8-10,12H,1-7H2;2*(H,6,7). The van der Waals surface area contributed by atoms with Crippen molar-refractivity contribution in [1.82, 2.24) is 10.2 Å². The molecule has 154 valence electrons. The number of nitrogens with zero attached hydrogens (tertiary/aromatic N) is 1. The number of carbonyl (C=O) groups is 2. The van der Waals surface area contributed by atoms with Gasteiger partial charge in [-0.1, -0.05) is 0 Å². The molecule has 0 bridgehead atoms. The number of halogens is 6. The third-order valence-corrected chi connectivity index (χ3v) is 3.67. The first kappa shape index (κ1) is 24.4. The minimum Gasteiger partial charge on any atom is -0.475 e. The second-order valence-electron chi connectivity index (χ2n) is 5.58. The first-order valence-corrected chi connectivity index (χ1v) is 7.44. The van der Waals surface area contributed by atoms with Gasteiger partial charge in [0.05, 0.1) is 0 Å². The topological polar surface area (TPSA) is 110 Å². The second kappa shape index (κ2) is 10.5. The van der Waals surface area contributed by atoms with Gasteiger partial charge < -0.3 is 20.6 Å². The number of hydrogen-bond donors (Lipinski definition) is 4. The second-order valence-corrected chi connectivity index (χ2v) is 5.58. The molecular weight excluding hydrogens is 378 g/mol. The Morgan fingerprint density at radius 1 is 0.923 bits per heavy atom. The third-order valence-electron chi connectivity index (χ3n) is 3.67. The van der Waals surface area contributed by atoms with E-state index in [0.717, 1.165) is 6.04 Å². The molecule has 2 fully saturated rings. The van der Waals surface area contributed by atoms with Gasteiger partial charge in [-0.05, 0) is 31.8 Å². The van der Waals surface area contributed by atoms with Crippen LogP contribution in [0.15, 0.2) is 0 Å². The molecule has 26 heavy (non-hydrogen) atoms. The molecule has 0 aromatic rings. The minimum absolute atomic E-state index is 0.386. The lowest BCUT2D eigenvalue weighted by Crippen LogP contribution is -2.58. The maximum Gasteiger partial charge on any atom is 0.490 e. The molecule has 2 saturated heterocycles. The molecule has 2 aliphatic heterocycles. The first-order chi connectivity index (χ1) is 11.8. The van der Waals surface area contributed by atoms with Crippen LogP contribution in [-0.2, 0) is 9.59 Å². The summed E-state index contributed by atoms with van der Waals surface area (Å²) < 4.78 is 63.5. The van der Waals surface area contributed by atoms with Crippen molar-refractivity contribution in [2.75, 3.05) is 32.8 Å². The predicted octanol–water partition coefficient (Wildman–Crippen LogP) is 0.929. The molecule has 2 aliphatic rings. The molecule has 4 N–H and O–H groups in total. The summed E-state index contributed by atoms with van der Waals surface area (Å²) >= 11 is 0. The van der Waals surface area contributed by atoms with Gasteiger partial charge >= 0.3 is 24.3 Å². The molecule has 0 aromatic carbocycles. The van der Waals surface area contributed by atoms with E-state index in [1.807, 2.05) is 0 Å². The van der Waals surface area contributed by atoms with E-state index in [0.29, 0.717) is 12.5 Å². The van der Waals surface area contributed by atoms with E-state index in [4.69, 9.17) is 24.9 Å². The van der Waals surface area contributed by atoms with Crippen LogP contribution in [0.4, 0.5) is 26.3 Å². The monoisotopic (exact) mass is 398 g/mol. The largest absolute Gasteiger partial charge is 0.490 e. The number of likely N-dealkylation sites (tertiary alicyclic amines) is 1. The molecule has 0 saturated carbocycles. The molecule has 0 aromatic heterocycles. The highest BCUT2D eigenvalue weighted by atomic mass is 19.4. The molecular formula is C13H20F6N2O5. The van der Waals surface area contributed by atoms with Gasteiger partial charge in [-0.3, -0.25) is 4.90 Å². The Labute approximate surface area is 144 Å². The lowest BCUT2D eigenvalue weighted by atomic mass is 9.95. The summed E-state index contributed by atoms with van der Waals surface area (Å²) in [6, 6.07) is 0.796. The van der Waals surface area contributed by atoms with Crippen LogP contribution in [0.5, 0.6) is 0 Å². The van der Waals surface area contributed by atoms with Crippen molar-refractivity contribution in [2.24, 2.45) is 5.92 Å². The summed E-state index contributed by atoms with van der Waals surface area (Å²) in [5.41, 5.74) is 0. The van der Waals surface area contributed by atoms with Crippen molar-refractivity contribution in [3.8, 4) is 0 Å². The number of aliphatic hydroxyl groups excluding tert-OH is 1. The molecule has 0 unspecified atom stereocenters. The van der Waals surface area contributed by atoms with Crippen molar-refractivity contribution in [1.29, 1.82) is 0 Å². The maximum atomic E-state index is 10.6. The van der Waals surface area contributed by atoms with Crippen LogP contribution in [0.25, 0.3) is 0 Å². The van der Waals surface area contributed by atoms with Gasteiger partial charge in [-0.25, -0.2) is 9.59 Å². The van der Waals surface area contributed by atoms with Crippen LogP contribution in [0.3, 0.4) is 0 Å². The number of piperidine rings is 1. The van der Waals surface area contributed by atoms with Crippen molar-refractivity contribution in [3.63, 3.8) is 0 Å². The zero-order valence-corrected chi connectivity index (χ0v) is 13.5. The fourth-order valence-corrected chi connectivity index (χ4v) is 2.03. The Bertz CT molecular complexity index is 421. The van der Waals surface area contributed by atoms with Gasteiger partial charge in [0.1, 0.15) is 0 Å². The molecule has 0 radical (unpaired) electrons. The summed E-state index contributed by atoms with van der Waals surface area (Å²) in [6.07, 6.45) is -7.79. The van der Waals surface area contributed by atoms with E-state index in [-0.39, 0.29) is 0 Å². The van der Waals surface area contributed by atoms with Gasteiger partial charge in [0, 0.05) is 25.7 Å².